The van der Waals surface area contributed by atoms with Crippen molar-refractivity contribution < 1.29 is 14.3 Å². The number of piperidine rings is 1. The minimum absolute atomic E-state index is 0.189. The summed E-state index contributed by atoms with van der Waals surface area (Å²) >= 11 is 0. The van der Waals surface area contributed by atoms with Crippen LogP contribution < -0.4 is 10.1 Å². The number of likely N-dealkylation sites (tertiary alicyclic amines) is 1. The summed E-state index contributed by atoms with van der Waals surface area (Å²) in [4.78, 5) is 28.9. The molecule has 1 amide bonds. The van der Waals surface area contributed by atoms with Gasteiger partial charge in [-0.05, 0) is 56.5 Å². The predicted octanol–water partition coefficient (Wildman–Crippen LogP) is 2.78. The van der Waals surface area contributed by atoms with Gasteiger partial charge in [0.1, 0.15) is 11.4 Å². The van der Waals surface area contributed by atoms with Crippen molar-refractivity contribution in [3.05, 3.63) is 24.3 Å². The Labute approximate surface area is 202 Å². The van der Waals surface area contributed by atoms with Gasteiger partial charge in [-0.1, -0.05) is 13.8 Å². The van der Waals surface area contributed by atoms with Crippen molar-refractivity contribution >= 4 is 5.91 Å². The summed E-state index contributed by atoms with van der Waals surface area (Å²) in [7, 11) is 1.88. The monoisotopic (exact) mass is 470 g/mol. The lowest BCUT2D eigenvalue weighted by Gasteiger charge is -2.33. The Morgan fingerprint density at radius 3 is 2.62 bits per heavy atom. The zero-order valence-electron chi connectivity index (χ0n) is 20.7. The summed E-state index contributed by atoms with van der Waals surface area (Å²) in [6.07, 6.45) is 7.56. The number of rotatable bonds is 9. The average molecular weight is 471 g/mol. The summed E-state index contributed by atoms with van der Waals surface area (Å²) in [6, 6.07) is 1.65. The molecule has 0 aromatic carbocycles. The Hall–Kier alpha value is -2.52. The maximum atomic E-state index is 13.1. The van der Waals surface area contributed by atoms with Crippen LogP contribution in [0.3, 0.4) is 0 Å². The molecule has 0 aliphatic carbocycles. The first-order valence-electron chi connectivity index (χ1n) is 12.5. The fourth-order valence-corrected chi connectivity index (χ4v) is 4.64. The number of amides is 1. The standard InChI is InChI=1S/C25H38N6O3/c1-18(2)15-31-8-4-19(5-9-31)13-27-25(32)21-12-23(34-16-20-6-10-33-11-7-20)29-24(28-21)22-14-26-17-30(22)3/h12,14,17-20H,4-11,13,15-16H2,1-3H3,(H,27,32). The number of imidazole rings is 1. The smallest absolute Gasteiger partial charge is 0.270 e. The molecule has 2 saturated heterocycles. The summed E-state index contributed by atoms with van der Waals surface area (Å²) < 4.78 is 13.3. The van der Waals surface area contributed by atoms with Gasteiger partial charge in [0, 0.05) is 39.4 Å². The van der Waals surface area contributed by atoms with Gasteiger partial charge in [0.05, 0.1) is 19.1 Å². The van der Waals surface area contributed by atoms with Gasteiger partial charge in [0.2, 0.25) is 5.88 Å². The molecule has 0 saturated carbocycles. The zero-order valence-corrected chi connectivity index (χ0v) is 20.7. The summed E-state index contributed by atoms with van der Waals surface area (Å²) in [5.41, 5.74) is 1.06. The lowest BCUT2D eigenvalue weighted by molar-refractivity contribution is 0.0490. The van der Waals surface area contributed by atoms with Crippen LogP contribution in [0.4, 0.5) is 0 Å². The highest BCUT2D eigenvalue weighted by Crippen LogP contribution is 2.22. The van der Waals surface area contributed by atoms with E-state index in [4.69, 9.17) is 9.47 Å². The van der Waals surface area contributed by atoms with Gasteiger partial charge in [-0.2, -0.15) is 4.98 Å². The van der Waals surface area contributed by atoms with Gasteiger partial charge < -0.3 is 24.3 Å². The van der Waals surface area contributed by atoms with E-state index in [1.165, 1.54) is 0 Å². The van der Waals surface area contributed by atoms with Gasteiger partial charge in [0.25, 0.3) is 5.91 Å². The van der Waals surface area contributed by atoms with Crippen LogP contribution in [0.15, 0.2) is 18.6 Å². The number of nitrogens with one attached hydrogen (secondary N) is 1. The molecule has 2 aliphatic heterocycles. The van der Waals surface area contributed by atoms with Gasteiger partial charge in [0.15, 0.2) is 5.82 Å². The molecular weight excluding hydrogens is 432 g/mol. The van der Waals surface area contributed by atoms with Crippen molar-refractivity contribution in [2.24, 2.45) is 24.8 Å². The molecule has 9 heteroatoms. The zero-order chi connectivity index (χ0) is 23.9. The van der Waals surface area contributed by atoms with E-state index in [1.54, 1.807) is 18.6 Å². The number of carbonyl (C=O) groups excluding carboxylic acids is 1. The van der Waals surface area contributed by atoms with Gasteiger partial charge in [-0.3, -0.25) is 4.79 Å². The van der Waals surface area contributed by atoms with Crippen molar-refractivity contribution in [1.82, 2.24) is 29.7 Å². The minimum atomic E-state index is -0.189. The molecule has 0 unspecified atom stereocenters. The largest absolute Gasteiger partial charge is 0.477 e. The van der Waals surface area contributed by atoms with Crippen LogP contribution in [-0.2, 0) is 11.8 Å². The van der Waals surface area contributed by atoms with E-state index in [2.05, 4.69) is 39.0 Å². The van der Waals surface area contributed by atoms with Crippen molar-refractivity contribution in [2.45, 2.75) is 39.5 Å². The number of aryl methyl sites for hydroxylation is 1. The predicted molar refractivity (Wildman–Crippen MR) is 130 cm³/mol. The fourth-order valence-electron chi connectivity index (χ4n) is 4.64. The molecule has 0 spiro atoms. The van der Waals surface area contributed by atoms with E-state index in [0.29, 0.717) is 48.3 Å². The number of ether oxygens (including phenoxy) is 2. The summed E-state index contributed by atoms with van der Waals surface area (Å²) in [5, 5.41) is 3.10. The second kappa shape index (κ2) is 11.8. The van der Waals surface area contributed by atoms with Crippen LogP contribution in [0, 0.1) is 17.8 Å². The normalized spacial score (nSPS) is 18.4. The molecule has 0 atom stereocenters. The van der Waals surface area contributed by atoms with E-state index in [0.717, 1.165) is 64.2 Å². The third-order valence-electron chi connectivity index (χ3n) is 6.67. The molecule has 1 N–H and O–H groups in total. The highest BCUT2D eigenvalue weighted by Gasteiger charge is 2.22. The van der Waals surface area contributed by atoms with Crippen LogP contribution >= 0.6 is 0 Å². The number of aromatic nitrogens is 4. The van der Waals surface area contributed by atoms with Crippen molar-refractivity contribution in [3.8, 4) is 17.4 Å². The Morgan fingerprint density at radius 1 is 1.18 bits per heavy atom. The fraction of sp³-hybridized carbons (Fsp3) is 0.680. The molecule has 34 heavy (non-hydrogen) atoms. The molecule has 4 rings (SSSR count). The van der Waals surface area contributed by atoms with Crippen LogP contribution in [-0.4, -0.2) is 76.3 Å². The summed E-state index contributed by atoms with van der Waals surface area (Å²) in [6.45, 7) is 10.6. The van der Waals surface area contributed by atoms with E-state index in [1.807, 2.05) is 11.6 Å². The maximum Gasteiger partial charge on any atom is 0.270 e. The van der Waals surface area contributed by atoms with E-state index in [9.17, 15) is 4.79 Å². The second-order valence-corrected chi connectivity index (χ2v) is 10.0. The summed E-state index contributed by atoms with van der Waals surface area (Å²) in [5.74, 6) is 2.29. The lowest BCUT2D eigenvalue weighted by atomic mass is 9.96. The quantitative estimate of drug-likeness (QED) is 0.602. The molecular formula is C25H38N6O3. The number of carbonyl (C=O) groups is 1. The molecule has 186 valence electrons. The first-order valence-corrected chi connectivity index (χ1v) is 12.5. The minimum Gasteiger partial charge on any atom is -0.477 e. The first kappa shape index (κ1) is 24.6. The van der Waals surface area contributed by atoms with E-state index >= 15 is 0 Å². The van der Waals surface area contributed by atoms with E-state index < -0.39 is 0 Å². The Morgan fingerprint density at radius 2 is 1.94 bits per heavy atom. The Bertz CT molecular complexity index is 932. The molecule has 4 heterocycles. The SMILES string of the molecule is CC(C)CN1CCC(CNC(=O)c2cc(OCC3CCOCC3)nc(-c3cncn3C)n2)CC1. The van der Waals surface area contributed by atoms with Gasteiger partial charge in [-0.15, -0.1) is 0 Å². The first-order chi connectivity index (χ1) is 16.5. The lowest BCUT2D eigenvalue weighted by Crippen LogP contribution is -2.40. The number of hydrogen-bond acceptors (Lipinski definition) is 7. The van der Waals surface area contributed by atoms with Crippen LogP contribution in [0.25, 0.3) is 11.5 Å². The molecule has 2 aromatic rings. The highest BCUT2D eigenvalue weighted by molar-refractivity contribution is 5.92. The molecule has 2 aliphatic rings. The van der Waals surface area contributed by atoms with Crippen molar-refractivity contribution in [1.29, 1.82) is 0 Å². The Kier molecular flexibility index (Phi) is 8.50. The molecule has 2 fully saturated rings. The molecule has 0 bridgehead atoms. The number of nitrogens with zero attached hydrogens (tertiary/aromatic N) is 5. The van der Waals surface area contributed by atoms with Crippen molar-refractivity contribution in [3.63, 3.8) is 0 Å². The highest BCUT2D eigenvalue weighted by atomic mass is 16.5. The molecule has 0 radical (unpaired) electrons. The average Bonchev–Trinajstić information content (AvgIpc) is 3.28. The van der Waals surface area contributed by atoms with Crippen LogP contribution in [0.2, 0.25) is 0 Å². The second-order valence-electron chi connectivity index (χ2n) is 10.0. The molecule has 9 nitrogen and oxygen atoms in total. The van der Waals surface area contributed by atoms with Gasteiger partial charge in [-0.25, -0.2) is 9.97 Å². The third kappa shape index (κ3) is 6.76. The van der Waals surface area contributed by atoms with E-state index in [-0.39, 0.29) is 5.91 Å². The maximum absolute atomic E-state index is 13.1. The van der Waals surface area contributed by atoms with Crippen LogP contribution in [0.1, 0.15) is 50.0 Å². The van der Waals surface area contributed by atoms with Crippen LogP contribution in [0.5, 0.6) is 5.88 Å². The Balaban J connectivity index is 1.40. The number of hydrogen-bond donors (Lipinski definition) is 1. The topological polar surface area (TPSA) is 94.4 Å². The van der Waals surface area contributed by atoms with Crippen molar-refractivity contribution in [2.75, 3.05) is 46.0 Å². The third-order valence-corrected chi connectivity index (χ3v) is 6.67. The van der Waals surface area contributed by atoms with Gasteiger partial charge >= 0.3 is 0 Å². The molecule has 2 aromatic heterocycles.